The van der Waals surface area contributed by atoms with Crippen molar-refractivity contribution in [3.05, 3.63) is 59.9 Å². The minimum absolute atomic E-state index is 0. The molecular weight excluding hydrogens is 522 g/mol. The van der Waals surface area contributed by atoms with E-state index in [1.165, 1.54) is 23.2 Å². The number of H-pyrrole nitrogens is 1. The van der Waals surface area contributed by atoms with Crippen LogP contribution in [0.4, 0.5) is 13.2 Å². The second-order valence-corrected chi connectivity index (χ2v) is 6.64. The third kappa shape index (κ3) is 7.93. The predicted octanol–water partition coefficient (Wildman–Crippen LogP) is 4.42. The first kappa shape index (κ1) is 24.8. The number of nitrogens with one attached hydrogen (secondary N) is 3. The number of pyridine rings is 1. The number of aliphatic imine (C=N–C) groups is 1. The Morgan fingerprint density at radius 3 is 2.68 bits per heavy atom. The first-order chi connectivity index (χ1) is 14.4. The summed E-state index contributed by atoms with van der Waals surface area (Å²) in [5.74, 6) is 0.596. The molecule has 0 aliphatic rings. The van der Waals surface area contributed by atoms with Crippen LogP contribution in [0, 0.1) is 0 Å². The number of fused-ring (bicyclic) bond motifs is 1. The van der Waals surface area contributed by atoms with E-state index in [-0.39, 0.29) is 29.9 Å². The van der Waals surface area contributed by atoms with Gasteiger partial charge in [-0.2, -0.15) is 13.2 Å². The van der Waals surface area contributed by atoms with Gasteiger partial charge in [0.15, 0.2) is 12.6 Å². The highest BCUT2D eigenvalue weighted by atomic mass is 127. The fourth-order valence-electron chi connectivity index (χ4n) is 2.91. The topological polar surface area (TPSA) is 74.3 Å². The number of nitrogens with zero attached hydrogens (tertiary/aromatic N) is 2. The summed E-state index contributed by atoms with van der Waals surface area (Å²) in [5.41, 5.74) is 3.11. The van der Waals surface area contributed by atoms with Gasteiger partial charge in [0, 0.05) is 42.5 Å². The molecule has 0 fully saturated rings. The Hall–Kier alpha value is -2.50. The van der Waals surface area contributed by atoms with Crippen molar-refractivity contribution in [3.8, 4) is 5.88 Å². The number of para-hydroxylation sites is 1. The zero-order valence-corrected chi connectivity index (χ0v) is 19.3. The van der Waals surface area contributed by atoms with Crippen LogP contribution in [0.3, 0.4) is 0 Å². The molecule has 0 bridgehead atoms. The minimum atomic E-state index is -4.39. The van der Waals surface area contributed by atoms with E-state index in [1.807, 2.05) is 31.3 Å². The molecule has 0 saturated carbocycles. The molecule has 168 valence electrons. The van der Waals surface area contributed by atoms with Gasteiger partial charge in [0.2, 0.25) is 5.88 Å². The third-order valence-electron chi connectivity index (χ3n) is 4.31. The van der Waals surface area contributed by atoms with Crippen LogP contribution in [0.1, 0.15) is 18.1 Å². The Balaban J connectivity index is 0.00000341. The van der Waals surface area contributed by atoms with Crippen molar-refractivity contribution in [1.29, 1.82) is 0 Å². The number of alkyl halides is 3. The van der Waals surface area contributed by atoms with Crippen LogP contribution < -0.4 is 15.4 Å². The summed E-state index contributed by atoms with van der Waals surface area (Å²) >= 11 is 0. The number of benzene rings is 1. The summed E-state index contributed by atoms with van der Waals surface area (Å²) in [6, 6.07) is 11.2. The molecule has 2 heterocycles. The maximum atomic E-state index is 12.2. The van der Waals surface area contributed by atoms with Gasteiger partial charge >= 0.3 is 6.18 Å². The Kier molecular flexibility index (Phi) is 9.41. The Labute approximate surface area is 195 Å². The van der Waals surface area contributed by atoms with Crippen molar-refractivity contribution in [1.82, 2.24) is 20.6 Å². The molecule has 6 nitrogen and oxygen atoms in total. The van der Waals surface area contributed by atoms with Crippen LogP contribution in [-0.2, 0) is 13.0 Å². The SMILES string of the molecule is CCNC(=NCc1ccc(OCC(F)(F)F)nc1)NCCc1c[nH]c2ccccc12.I. The third-order valence-corrected chi connectivity index (χ3v) is 4.31. The van der Waals surface area contributed by atoms with Gasteiger partial charge in [-0.05, 0) is 30.5 Å². The Bertz CT molecular complexity index is 973. The minimum Gasteiger partial charge on any atom is -0.468 e. The van der Waals surface area contributed by atoms with Crippen LogP contribution in [0.2, 0.25) is 0 Å². The molecule has 0 saturated heterocycles. The van der Waals surface area contributed by atoms with Crippen LogP contribution in [-0.4, -0.2) is 41.8 Å². The summed E-state index contributed by atoms with van der Waals surface area (Å²) in [6.45, 7) is 2.38. The van der Waals surface area contributed by atoms with E-state index in [4.69, 9.17) is 0 Å². The summed E-state index contributed by atoms with van der Waals surface area (Å²) < 4.78 is 41.2. The lowest BCUT2D eigenvalue weighted by Crippen LogP contribution is -2.38. The van der Waals surface area contributed by atoms with Crippen molar-refractivity contribution in [2.75, 3.05) is 19.7 Å². The van der Waals surface area contributed by atoms with Crippen LogP contribution in [0.15, 0.2) is 53.8 Å². The van der Waals surface area contributed by atoms with E-state index < -0.39 is 12.8 Å². The maximum absolute atomic E-state index is 12.2. The van der Waals surface area contributed by atoms with Gasteiger partial charge in [-0.15, -0.1) is 24.0 Å². The quantitative estimate of drug-likeness (QED) is 0.222. The average molecular weight is 547 g/mol. The highest BCUT2D eigenvalue weighted by molar-refractivity contribution is 14.0. The van der Waals surface area contributed by atoms with Crippen molar-refractivity contribution >= 4 is 40.8 Å². The second-order valence-electron chi connectivity index (χ2n) is 6.64. The molecular formula is C21H25F3IN5O. The van der Waals surface area contributed by atoms with Gasteiger partial charge in [0.25, 0.3) is 0 Å². The fraction of sp³-hybridized carbons (Fsp3) is 0.333. The molecule has 31 heavy (non-hydrogen) atoms. The smallest absolute Gasteiger partial charge is 0.422 e. The second kappa shape index (κ2) is 11.8. The number of aromatic nitrogens is 2. The van der Waals surface area contributed by atoms with Gasteiger partial charge in [-0.1, -0.05) is 24.3 Å². The van der Waals surface area contributed by atoms with Gasteiger partial charge < -0.3 is 20.4 Å². The van der Waals surface area contributed by atoms with E-state index in [2.05, 4.69) is 36.4 Å². The summed E-state index contributed by atoms with van der Waals surface area (Å²) in [5, 5.41) is 7.68. The van der Waals surface area contributed by atoms with Crippen molar-refractivity contribution in [3.63, 3.8) is 0 Å². The van der Waals surface area contributed by atoms with Gasteiger partial charge in [0.05, 0.1) is 6.54 Å². The molecule has 3 aromatic rings. The lowest BCUT2D eigenvalue weighted by Gasteiger charge is -2.11. The Morgan fingerprint density at radius 1 is 1.16 bits per heavy atom. The highest BCUT2D eigenvalue weighted by Crippen LogP contribution is 2.18. The summed E-state index contributed by atoms with van der Waals surface area (Å²) in [7, 11) is 0. The zero-order chi connectivity index (χ0) is 21.4. The van der Waals surface area contributed by atoms with Crippen molar-refractivity contribution < 1.29 is 17.9 Å². The number of aromatic amines is 1. The highest BCUT2D eigenvalue weighted by Gasteiger charge is 2.28. The number of ether oxygens (including phenoxy) is 1. The normalized spacial score (nSPS) is 11.8. The van der Waals surface area contributed by atoms with E-state index in [9.17, 15) is 13.2 Å². The number of hydrogen-bond donors (Lipinski definition) is 3. The number of hydrogen-bond acceptors (Lipinski definition) is 3. The van der Waals surface area contributed by atoms with Gasteiger partial charge in [-0.25, -0.2) is 9.98 Å². The number of halogens is 4. The molecule has 3 rings (SSSR count). The number of guanidine groups is 1. The standard InChI is InChI=1S/C21H24F3N5O.HI/c1-2-25-20(26-10-9-16-13-27-18-6-4-3-5-17(16)18)29-12-15-7-8-19(28-11-15)30-14-21(22,23)24;/h3-8,11,13,27H,2,9-10,12,14H2,1H3,(H2,25,26,29);1H. The van der Waals surface area contributed by atoms with Crippen molar-refractivity contribution in [2.24, 2.45) is 4.99 Å². The zero-order valence-electron chi connectivity index (χ0n) is 17.0. The van der Waals surface area contributed by atoms with Crippen molar-refractivity contribution in [2.45, 2.75) is 26.1 Å². The lowest BCUT2D eigenvalue weighted by molar-refractivity contribution is -0.154. The van der Waals surface area contributed by atoms with Gasteiger partial charge in [0.1, 0.15) is 0 Å². The molecule has 3 N–H and O–H groups in total. The molecule has 2 aromatic heterocycles. The molecule has 0 atom stereocenters. The van der Waals surface area contributed by atoms with E-state index in [0.717, 1.165) is 17.5 Å². The molecule has 0 aliphatic carbocycles. The number of rotatable bonds is 8. The van der Waals surface area contributed by atoms with Crippen LogP contribution >= 0.6 is 24.0 Å². The lowest BCUT2D eigenvalue weighted by atomic mass is 10.1. The van der Waals surface area contributed by atoms with E-state index >= 15 is 0 Å². The maximum Gasteiger partial charge on any atom is 0.422 e. The first-order valence-corrected chi connectivity index (χ1v) is 9.66. The first-order valence-electron chi connectivity index (χ1n) is 9.66. The average Bonchev–Trinajstić information content (AvgIpc) is 3.14. The molecule has 0 radical (unpaired) electrons. The summed E-state index contributed by atoms with van der Waals surface area (Å²) in [4.78, 5) is 11.7. The monoisotopic (exact) mass is 547 g/mol. The summed E-state index contributed by atoms with van der Waals surface area (Å²) in [6.07, 6.45) is -0.0693. The van der Waals surface area contributed by atoms with Crippen LogP contribution in [0.5, 0.6) is 5.88 Å². The Morgan fingerprint density at radius 2 is 1.97 bits per heavy atom. The largest absolute Gasteiger partial charge is 0.468 e. The fourth-order valence-corrected chi connectivity index (χ4v) is 2.91. The van der Waals surface area contributed by atoms with E-state index in [1.54, 1.807) is 6.07 Å². The molecule has 0 unspecified atom stereocenters. The van der Waals surface area contributed by atoms with Gasteiger partial charge in [-0.3, -0.25) is 0 Å². The molecule has 0 amide bonds. The molecule has 1 aromatic carbocycles. The predicted molar refractivity (Wildman–Crippen MR) is 126 cm³/mol. The molecule has 0 aliphatic heterocycles. The van der Waals surface area contributed by atoms with Crippen LogP contribution in [0.25, 0.3) is 10.9 Å². The van der Waals surface area contributed by atoms with E-state index in [0.29, 0.717) is 25.6 Å². The molecule has 0 spiro atoms. The molecule has 10 heteroatoms.